The molecule has 1 aliphatic rings. The first-order chi connectivity index (χ1) is 12.0. The van der Waals surface area contributed by atoms with E-state index in [9.17, 15) is 14.4 Å². The van der Waals surface area contributed by atoms with Gasteiger partial charge in [-0.3, -0.25) is 4.79 Å². The van der Waals surface area contributed by atoms with E-state index >= 15 is 0 Å². The summed E-state index contributed by atoms with van der Waals surface area (Å²) in [6, 6.07) is -1.00. The number of carbonyl (C=O) groups excluding carboxylic acids is 3. The molecule has 0 aromatic rings. The molecule has 146 valence electrons. The molecule has 0 aliphatic carbocycles. The fourth-order valence-electron chi connectivity index (χ4n) is 2.98. The molecule has 2 amide bonds. The highest BCUT2D eigenvalue weighted by atomic mass is 16.6. The predicted octanol–water partition coefficient (Wildman–Crippen LogP) is 3.86. The van der Waals surface area contributed by atoms with Crippen LogP contribution in [0.15, 0.2) is 25.3 Å². The van der Waals surface area contributed by atoms with Gasteiger partial charge in [0.1, 0.15) is 11.6 Å². The second kappa shape index (κ2) is 8.52. The summed E-state index contributed by atoms with van der Waals surface area (Å²) >= 11 is 0. The standard InChI is InChI=1S/C20H31NO5/c1-8-10-20(11-9-2)12-15(16(22)25-13-14(3)4)21(17(20)23)18(24)26-19(5,6)7/h8-9,14-15H,1-2,10-13H2,3-7H3. The first-order valence-corrected chi connectivity index (χ1v) is 8.92. The van der Waals surface area contributed by atoms with Crippen molar-refractivity contribution >= 4 is 18.0 Å². The largest absolute Gasteiger partial charge is 0.464 e. The summed E-state index contributed by atoms with van der Waals surface area (Å²) < 4.78 is 10.7. The van der Waals surface area contributed by atoms with Gasteiger partial charge in [-0.05, 0) is 46.0 Å². The lowest BCUT2D eigenvalue weighted by molar-refractivity contribution is -0.152. The highest BCUT2D eigenvalue weighted by Gasteiger charge is 2.56. The maximum absolute atomic E-state index is 13.1. The second-order valence-corrected chi connectivity index (χ2v) is 8.17. The van der Waals surface area contributed by atoms with Crippen LogP contribution >= 0.6 is 0 Å². The predicted molar refractivity (Wildman–Crippen MR) is 99.3 cm³/mol. The van der Waals surface area contributed by atoms with E-state index in [0.717, 1.165) is 4.90 Å². The molecule has 1 fully saturated rings. The zero-order valence-corrected chi connectivity index (χ0v) is 16.5. The van der Waals surface area contributed by atoms with Gasteiger partial charge in [0.2, 0.25) is 5.91 Å². The SMILES string of the molecule is C=CCC1(CC=C)CC(C(=O)OCC(C)C)N(C(=O)OC(C)(C)C)C1=O. The number of hydrogen-bond acceptors (Lipinski definition) is 5. The zero-order valence-electron chi connectivity index (χ0n) is 16.5. The monoisotopic (exact) mass is 365 g/mol. The molecule has 1 aliphatic heterocycles. The minimum absolute atomic E-state index is 0.150. The Labute approximate surface area is 156 Å². The Morgan fingerprint density at radius 2 is 1.81 bits per heavy atom. The van der Waals surface area contributed by atoms with Crippen molar-refractivity contribution in [3.05, 3.63) is 25.3 Å². The fraction of sp³-hybridized carbons (Fsp3) is 0.650. The molecule has 0 spiro atoms. The summed E-state index contributed by atoms with van der Waals surface area (Å²) in [6.07, 6.45) is 3.26. The van der Waals surface area contributed by atoms with Crippen LogP contribution in [0.2, 0.25) is 0 Å². The van der Waals surface area contributed by atoms with Crippen molar-refractivity contribution in [2.45, 2.75) is 65.5 Å². The number of esters is 1. The van der Waals surface area contributed by atoms with E-state index < -0.39 is 35.0 Å². The lowest BCUT2D eigenvalue weighted by Gasteiger charge is -2.27. The Hall–Kier alpha value is -2.11. The van der Waals surface area contributed by atoms with Gasteiger partial charge in [0.25, 0.3) is 0 Å². The molecule has 0 bridgehead atoms. The van der Waals surface area contributed by atoms with Crippen LogP contribution in [0.3, 0.4) is 0 Å². The highest BCUT2D eigenvalue weighted by Crippen LogP contribution is 2.43. The quantitative estimate of drug-likeness (QED) is 0.506. The van der Waals surface area contributed by atoms with Crippen LogP contribution in [0.4, 0.5) is 4.79 Å². The van der Waals surface area contributed by atoms with Crippen LogP contribution in [-0.2, 0) is 19.1 Å². The zero-order chi connectivity index (χ0) is 20.1. The number of nitrogens with zero attached hydrogens (tertiary/aromatic N) is 1. The average molecular weight is 365 g/mol. The van der Waals surface area contributed by atoms with E-state index in [1.165, 1.54) is 0 Å². The molecule has 1 saturated heterocycles. The van der Waals surface area contributed by atoms with Gasteiger partial charge in [-0.15, -0.1) is 13.2 Å². The average Bonchev–Trinajstić information content (AvgIpc) is 2.77. The van der Waals surface area contributed by atoms with Crippen molar-refractivity contribution in [3.63, 3.8) is 0 Å². The molecule has 1 heterocycles. The van der Waals surface area contributed by atoms with E-state index in [0.29, 0.717) is 12.8 Å². The Kier molecular flexibility index (Phi) is 7.18. The molecule has 6 heteroatoms. The third-order valence-electron chi connectivity index (χ3n) is 4.06. The molecule has 0 radical (unpaired) electrons. The third-order valence-corrected chi connectivity index (χ3v) is 4.06. The van der Waals surface area contributed by atoms with Crippen molar-refractivity contribution in [1.82, 2.24) is 4.90 Å². The Bertz CT molecular complexity index is 563. The van der Waals surface area contributed by atoms with Gasteiger partial charge < -0.3 is 9.47 Å². The van der Waals surface area contributed by atoms with Crippen LogP contribution in [0.25, 0.3) is 0 Å². The van der Waals surface area contributed by atoms with Crippen molar-refractivity contribution in [1.29, 1.82) is 0 Å². The van der Waals surface area contributed by atoms with Gasteiger partial charge in [0.15, 0.2) is 0 Å². The number of hydrogen-bond donors (Lipinski definition) is 0. The molecule has 0 N–H and O–H groups in total. The maximum atomic E-state index is 13.1. The van der Waals surface area contributed by atoms with Crippen molar-refractivity contribution in [2.24, 2.45) is 11.3 Å². The highest BCUT2D eigenvalue weighted by molar-refractivity contribution is 6.02. The molecule has 1 atom stereocenters. The molecular weight excluding hydrogens is 334 g/mol. The minimum Gasteiger partial charge on any atom is -0.464 e. The number of imide groups is 1. The summed E-state index contributed by atoms with van der Waals surface area (Å²) in [5.74, 6) is -0.886. The summed E-state index contributed by atoms with van der Waals surface area (Å²) in [6.45, 7) is 16.6. The van der Waals surface area contributed by atoms with Crippen LogP contribution in [0.5, 0.6) is 0 Å². The number of amides is 2. The van der Waals surface area contributed by atoms with Crippen LogP contribution in [-0.4, -0.2) is 41.1 Å². The lowest BCUT2D eigenvalue weighted by Crippen LogP contribution is -2.47. The summed E-state index contributed by atoms with van der Waals surface area (Å²) in [7, 11) is 0. The summed E-state index contributed by atoms with van der Waals surface area (Å²) in [5, 5.41) is 0. The molecule has 26 heavy (non-hydrogen) atoms. The molecule has 0 saturated carbocycles. The Balaban J connectivity index is 3.21. The van der Waals surface area contributed by atoms with Crippen molar-refractivity contribution in [2.75, 3.05) is 6.61 Å². The number of carbonyl (C=O) groups is 3. The normalized spacial score (nSPS) is 19.4. The van der Waals surface area contributed by atoms with E-state index in [4.69, 9.17) is 9.47 Å². The number of likely N-dealkylation sites (tertiary alicyclic amines) is 1. The summed E-state index contributed by atoms with van der Waals surface area (Å²) in [4.78, 5) is 39.3. The number of ether oxygens (including phenoxy) is 2. The van der Waals surface area contributed by atoms with Gasteiger partial charge in [0, 0.05) is 0 Å². The second-order valence-electron chi connectivity index (χ2n) is 8.17. The first kappa shape index (κ1) is 21.9. The van der Waals surface area contributed by atoms with Crippen molar-refractivity contribution < 1.29 is 23.9 Å². The topological polar surface area (TPSA) is 72.9 Å². The van der Waals surface area contributed by atoms with Crippen LogP contribution in [0.1, 0.15) is 53.9 Å². The first-order valence-electron chi connectivity index (χ1n) is 8.92. The van der Waals surface area contributed by atoms with Crippen LogP contribution < -0.4 is 0 Å². The number of allylic oxidation sites excluding steroid dienone is 2. The molecular formula is C20H31NO5. The fourth-order valence-corrected chi connectivity index (χ4v) is 2.98. The van der Waals surface area contributed by atoms with E-state index in [2.05, 4.69) is 13.2 Å². The third kappa shape index (κ3) is 5.19. The van der Waals surface area contributed by atoms with E-state index in [1.807, 2.05) is 13.8 Å². The minimum atomic E-state index is -1.00. The molecule has 1 unspecified atom stereocenters. The lowest BCUT2D eigenvalue weighted by atomic mass is 9.78. The van der Waals surface area contributed by atoms with Gasteiger partial charge >= 0.3 is 12.1 Å². The molecule has 0 aromatic carbocycles. The Morgan fingerprint density at radius 1 is 1.27 bits per heavy atom. The Morgan fingerprint density at radius 3 is 2.23 bits per heavy atom. The molecule has 1 rings (SSSR count). The van der Waals surface area contributed by atoms with E-state index in [-0.39, 0.29) is 18.9 Å². The summed E-state index contributed by atoms with van der Waals surface area (Å²) in [5.41, 5.74) is -1.71. The van der Waals surface area contributed by atoms with Crippen molar-refractivity contribution in [3.8, 4) is 0 Å². The maximum Gasteiger partial charge on any atom is 0.417 e. The molecule has 0 aromatic heterocycles. The van der Waals surface area contributed by atoms with Gasteiger partial charge in [0.05, 0.1) is 12.0 Å². The van der Waals surface area contributed by atoms with Gasteiger partial charge in [-0.1, -0.05) is 26.0 Å². The van der Waals surface area contributed by atoms with Crippen LogP contribution in [0, 0.1) is 11.3 Å². The molecule has 6 nitrogen and oxygen atoms in total. The van der Waals surface area contributed by atoms with E-state index in [1.54, 1.807) is 32.9 Å². The van der Waals surface area contributed by atoms with Gasteiger partial charge in [-0.2, -0.15) is 0 Å². The smallest absolute Gasteiger partial charge is 0.417 e. The van der Waals surface area contributed by atoms with Gasteiger partial charge in [-0.25, -0.2) is 14.5 Å². The number of rotatable bonds is 7.